The number of aromatic hydroxyl groups is 1. The van der Waals surface area contributed by atoms with E-state index in [0.29, 0.717) is 12.3 Å². The summed E-state index contributed by atoms with van der Waals surface area (Å²) in [4.78, 5) is 0. The molecule has 0 bridgehead atoms. The minimum Gasteiger partial charge on any atom is -0.508 e. The van der Waals surface area contributed by atoms with E-state index in [0.717, 1.165) is 12.0 Å². The predicted octanol–water partition coefficient (Wildman–Crippen LogP) is 1.41. The summed E-state index contributed by atoms with van der Waals surface area (Å²) in [6, 6.07) is 5.33. The lowest BCUT2D eigenvalue weighted by atomic mass is 10.1. The van der Waals surface area contributed by atoms with Crippen LogP contribution >= 0.6 is 0 Å². The van der Waals surface area contributed by atoms with Crippen LogP contribution in [0.15, 0.2) is 18.2 Å². The van der Waals surface area contributed by atoms with Gasteiger partial charge in [-0.15, -0.1) is 0 Å². The molecular formula is C9H13NO. The molecule has 0 aromatic heterocycles. The Bertz CT molecular complexity index is 245. The van der Waals surface area contributed by atoms with Gasteiger partial charge in [0.1, 0.15) is 5.75 Å². The molecule has 1 aromatic carbocycles. The Morgan fingerprint density at radius 2 is 2.09 bits per heavy atom. The first-order valence-electron chi connectivity index (χ1n) is 3.78. The third kappa shape index (κ3) is 1.71. The predicted molar refractivity (Wildman–Crippen MR) is 45.4 cm³/mol. The van der Waals surface area contributed by atoms with Crippen molar-refractivity contribution in [2.24, 2.45) is 5.73 Å². The van der Waals surface area contributed by atoms with E-state index in [1.807, 2.05) is 6.07 Å². The number of hydrogen-bond acceptors (Lipinski definition) is 2. The number of aryl methyl sites for hydroxylation is 1. The zero-order valence-electron chi connectivity index (χ0n) is 6.67. The fourth-order valence-corrected chi connectivity index (χ4v) is 1.15. The lowest BCUT2D eigenvalue weighted by molar-refractivity contribution is 0.474. The van der Waals surface area contributed by atoms with Crippen molar-refractivity contribution < 1.29 is 5.11 Å². The molecule has 0 saturated carbocycles. The number of hydrogen-bond donors (Lipinski definition) is 2. The first-order chi connectivity index (χ1) is 5.27. The standard InChI is InChI=1S/C9H13NO/c1-2-7-3-4-9(11)5-8(7)6-10/h3-5,11H,2,6,10H2,1H3. The molecule has 0 aliphatic carbocycles. The maximum Gasteiger partial charge on any atom is 0.115 e. The molecule has 0 unspecified atom stereocenters. The van der Waals surface area contributed by atoms with Gasteiger partial charge in [-0.2, -0.15) is 0 Å². The van der Waals surface area contributed by atoms with E-state index in [2.05, 4.69) is 6.92 Å². The Morgan fingerprint density at radius 1 is 1.36 bits per heavy atom. The molecule has 0 aliphatic heterocycles. The Morgan fingerprint density at radius 3 is 2.64 bits per heavy atom. The third-order valence-electron chi connectivity index (χ3n) is 1.79. The summed E-state index contributed by atoms with van der Waals surface area (Å²) in [5.41, 5.74) is 7.73. The Balaban J connectivity index is 3.06. The van der Waals surface area contributed by atoms with E-state index in [9.17, 15) is 0 Å². The second kappa shape index (κ2) is 3.39. The normalized spacial score (nSPS) is 10.0. The van der Waals surface area contributed by atoms with Gasteiger partial charge < -0.3 is 10.8 Å². The van der Waals surface area contributed by atoms with Crippen molar-refractivity contribution in [3.8, 4) is 5.75 Å². The zero-order valence-corrected chi connectivity index (χ0v) is 6.67. The van der Waals surface area contributed by atoms with Crippen LogP contribution in [0.4, 0.5) is 0 Å². The molecule has 0 aliphatic rings. The fourth-order valence-electron chi connectivity index (χ4n) is 1.15. The maximum absolute atomic E-state index is 9.11. The van der Waals surface area contributed by atoms with E-state index < -0.39 is 0 Å². The molecule has 2 nitrogen and oxygen atoms in total. The molecule has 60 valence electrons. The van der Waals surface area contributed by atoms with Crippen LogP contribution in [-0.2, 0) is 13.0 Å². The number of benzene rings is 1. The molecule has 11 heavy (non-hydrogen) atoms. The quantitative estimate of drug-likeness (QED) is 0.671. The largest absolute Gasteiger partial charge is 0.508 e. The first-order valence-corrected chi connectivity index (χ1v) is 3.78. The van der Waals surface area contributed by atoms with E-state index in [1.54, 1.807) is 12.1 Å². The summed E-state index contributed by atoms with van der Waals surface area (Å²) >= 11 is 0. The van der Waals surface area contributed by atoms with Crippen molar-refractivity contribution in [3.63, 3.8) is 0 Å². The molecule has 0 atom stereocenters. The molecular weight excluding hydrogens is 138 g/mol. The van der Waals surface area contributed by atoms with Gasteiger partial charge in [0.2, 0.25) is 0 Å². The van der Waals surface area contributed by atoms with Gasteiger partial charge in [-0.25, -0.2) is 0 Å². The highest BCUT2D eigenvalue weighted by Crippen LogP contribution is 2.16. The van der Waals surface area contributed by atoms with Crippen molar-refractivity contribution in [2.45, 2.75) is 19.9 Å². The van der Waals surface area contributed by atoms with Crippen LogP contribution in [0.2, 0.25) is 0 Å². The monoisotopic (exact) mass is 151 g/mol. The highest BCUT2D eigenvalue weighted by Gasteiger charge is 1.98. The van der Waals surface area contributed by atoms with E-state index >= 15 is 0 Å². The number of phenols is 1. The van der Waals surface area contributed by atoms with Crippen LogP contribution in [0, 0.1) is 0 Å². The average Bonchev–Trinajstić information content (AvgIpc) is 2.04. The van der Waals surface area contributed by atoms with Crippen molar-refractivity contribution in [3.05, 3.63) is 29.3 Å². The maximum atomic E-state index is 9.11. The lowest BCUT2D eigenvalue weighted by Gasteiger charge is -2.04. The van der Waals surface area contributed by atoms with Gasteiger partial charge in [-0.3, -0.25) is 0 Å². The summed E-state index contributed by atoms with van der Waals surface area (Å²) in [7, 11) is 0. The van der Waals surface area contributed by atoms with E-state index in [1.165, 1.54) is 5.56 Å². The minimum atomic E-state index is 0.294. The zero-order chi connectivity index (χ0) is 8.27. The second-order valence-corrected chi connectivity index (χ2v) is 2.51. The highest BCUT2D eigenvalue weighted by atomic mass is 16.3. The Kier molecular flexibility index (Phi) is 2.49. The molecule has 1 rings (SSSR count). The van der Waals surface area contributed by atoms with E-state index in [-0.39, 0.29) is 0 Å². The van der Waals surface area contributed by atoms with Gasteiger partial charge >= 0.3 is 0 Å². The van der Waals surface area contributed by atoms with Gasteiger partial charge in [0.05, 0.1) is 0 Å². The molecule has 0 amide bonds. The van der Waals surface area contributed by atoms with Gasteiger partial charge in [0.15, 0.2) is 0 Å². The highest BCUT2D eigenvalue weighted by molar-refractivity contribution is 5.34. The second-order valence-electron chi connectivity index (χ2n) is 2.51. The summed E-state index contributed by atoms with van der Waals surface area (Å²) in [5, 5.41) is 9.11. The summed E-state index contributed by atoms with van der Waals surface area (Å²) in [5.74, 6) is 0.294. The van der Waals surface area contributed by atoms with Crippen LogP contribution in [-0.4, -0.2) is 5.11 Å². The van der Waals surface area contributed by atoms with Crippen molar-refractivity contribution in [1.29, 1.82) is 0 Å². The lowest BCUT2D eigenvalue weighted by Crippen LogP contribution is -2.00. The molecule has 0 fully saturated rings. The molecule has 0 spiro atoms. The molecule has 0 saturated heterocycles. The summed E-state index contributed by atoms with van der Waals surface area (Å²) < 4.78 is 0. The smallest absolute Gasteiger partial charge is 0.115 e. The van der Waals surface area contributed by atoms with Gasteiger partial charge in [-0.05, 0) is 29.7 Å². The molecule has 0 radical (unpaired) electrons. The molecule has 2 heteroatoms. The molecule has 1 aromatic rings. The van der Waals surface area contributed by atoms with Crippen LogP contribution in [0.3, 0.4) is 0 Å². The average molecular weight is 151 g/mol. The SMILES string of the molecule is CCc1ccc(O)cc1CN. The van der Waals surface area contributed by atoms with Crippen molar-refractivity contribution >= 4 is 0 Å². The fraction of sp³-hybridized carbons (Fsp3) is 0.333. The van der Waals surface area contributed by atoms with Gasteiger partial charge in [0, 0.05) is 6.54 Å². The molecule has 0 heterocycles. The minimum absolute atomic E-state index is 0.294. The number of phenolic OH excluding ortho intramolecular Hbond substituents is 1. The van der Waals surface area contributed by atoms with Crippen LogP contribution in [0.25, 0.3) is 0 Å². The van der Waals surface area contributed by atoms with Crippen LogP contribution < -0.4 is 5.73 Å². The van der Waals surface area contributed by atoms with Gasteiger partial charge in [0.25, 0.3) is 0 Å². The van der Waals surface area contributed by atoms with Crippen LogP contribution in [0.5, 0.6) is 5.75 Å². The van der Waals surface area contributed by atoms with Crippen molar-refractivity contribution in [1.82, 2.24) is 0 Å². The number of rotatable bonds is 2. The topological polar surface area (TPSA) is 46.2 Å². The third-order valence-corrected chi connectivity index (χ3v) is 1.79. The van der Waals surface area contributed by atoms with Crippen molar-refractivity contribution in [2.75, 3.05) is 0 Å². The molecule has 3 N–H and O–H groups in total. The van der Waals surface area contributed by atoms with Crippen LogP contribution in [0.1, 0.15) is 18.1 Å². The van der Waals surface area contributed by atoms with E-state index in [4.69, 9.17) is 10.8 Å². The Labute approximate surface area is 66.7 Å². The number of nitrogens with two attached hydrogens (primary N) is 1. The summed E-state index contributed by atoms with van der Waals surface area (Å²) in [6.45, 7) is 2.57. The first kappa shape index (κ1) is 8.08. The summed E-state index contributed by atoms with van der Waals surface area (Å²) in [6.07, 6.45) is 0.965. The van der Waals surface area contributed by atoms with Gasteiger partial charge in [-0.1, -0.05) is 13.0 Å². The Hall–Kier alpha value is -1.02.